The number of rotatable bonds is 2. The minimum Gasteiger partial charge on any atom is -0.381 e. The summed E-state index contributed by atoms with van der Waals surface area (Å²) in [5.74, 6) is 1.04. The van der Waals surface area contributed by atoms with Crippen molar-refractivity contribution < 1.29 is 4.74 Å². The van der Waals surface area contributed by atoms with Gasteiger partial charge in [0.15, 0.2) is 11.5 Å². The molecule has 1 fully saturated rings. The van der Waals surface area contributed by atoms with E-state index in [0.29, 0.717) is 6.04 Å². The third-order valence-electron chi connectivity index (χ3n) is 3.75. The van der Waals surface area contributed by atoms with Crippen molar-refractivity contribution in [3.63, 3.8) is 0 Å². The number of thiophene rings is 1. The molecule has 4 nitrogen and oxygen atoms in total. The highest BCUT2D eigenvalue weighted by Gasteiger charge is 2.23. The van der Waals surface area contributed by atoms with E-state index in [2.05, 4.69) is 27.1 Å². The molecule has 102 valence electrons. The van der Waals surface area contributed by atoms with Gasteiger partial charge in [0, 0.05) is 25.5 Å². The van der Waals surface area contributed by atoms with Gasteiger partial charge in [-0.05, 0) is 36.4 Å². The summed E-state index contributed by atoms with van der Waals surface area (Å²) < 4.78 is 7.80. The van der Waals surface area contributed by atoms with Crippen LogP contribution in [-0.4, -0.2) is 27.7 Å². The minimum atomic E-state index is 0.431. The molecule has 0 amide bonds. The van der Waals surface area contributed by atoms with E-state index in [9.17, 15) is 0 Å². The predicted octanol–water partition coefficient (Wildman–Crippen LogP) is 3.51. The Morgan fingerprint density at radius 3 is 2.90 bits per heavy atom. The second kappa shape index (κ2) is 5.00. The molecule has 0 saturated carbocycles. The lowest BCUT2D eigenvalue weighted by Gasteiger charge is -2.25. The van der Waals surface area contributed by atoms with Crippen molar-refractivity contribution in [3.05, 3.63) is 35.8 Å². The SMILES string of the molecule is c1csc(-c2nc3cccnc3n2C2CCOCC2)c1. The van der Waals surface area contributed by atoms with E-state index in [-0.39, 0.29) is 0 Å². The quantitative estimate of drug-likeness (QED) is 0.723. The summed E-state index contributed by atoms with van der Waals surface area (Å²) in [7, 11) is 0. The van der Waals surface area contributed by atoms with E-state index in [1.54, 1.807) is 11.3 Å². The Hall–Kier alpha value is -1.72. The highest BCUT2D eigenvalue weighted by Crippen LogP contribution is 2.33. The van der Waals surface area contributed by atoms with Crippen molar-refractivity contribution in [2.45, 2.75) is 18.9 Å². The second-order valence-corrected chi connectivity index (χ2v) is 5.92. The van der Waals surface area contributed by atoms with Crippen LogP contribution < -0.4 is 0 Å². The first-order chi connectivity index (χ1) is 9.93. The highest BCUT2D eigenvalue weighted by molar-refractivity contribution is 7.13. The maximum Gasteiger partial charge on any atom is 0.160 e. The zero-order chi connectivity index (χ0) is 13.4. The van der Waals surface area contributed by atoms with Crippen LogP contribution in [0.15, 0.2) is 35.8 Å². The van der Waals surface area contributed by atoms with Crippen molar-refractivity contribution in [1.82, 2.24) is 14.5 Å². The molecule has 0 unspecified atom stereocenters. The number of hydrogen-bond acceptors (Lipinski definition) is 4. The Bertz CT molecular complexity index is 714. The first-order valence-corrected chi connectivity index (χ1v) is 7.76. The molecule has 0 spiro atoms. The average Bonchev–Trinajstić information content (AvgIpc) is 3.15. The van der Waals surface area contributed by atoms with Gasteiger partial charge in [0.05, 0.1) is 4.88 Å². The lowest BCUT2D eigenvalue weighted by atomic mass is 10.1. The maximum absolute atomic E-state index is 5.49. The fraction of sp³-hybridized carbons (Fsp3) is 0.333. The van der Waals surface area contributed by atoms with E-state index in [4.69, 9.17) is 9.72 Å². The van der Waals surface area contributed by atoms with Crippen molar-refractivity contribution in [2.24, 2.45) is 0 Å². The van der Waals surface area contributed by atoms with Gasteiger partial charge in [0.2, 0.25) is 0 Å². The summed E-state index contributed by atoms with van der Waals surface area (Å²) in [4.78, 5) is 10.6. The van der Waals surface area contributed by atoms with Crippen molar-refractivity contribution in [2.75, 3.05) is 13.2 Å². The van der Waals surface area contributed by atoms with Gasteiger partial charge in [0.25, 0.3) is 0 Å². The largest absolute Gasteiger partial charge is 0.381 e. The predicted molar refractivity (Wildman–Crippen MR) is 79.9 cm³/mol. The van der Waals surface area contributed by atoms with Crippen LogP contribution in [0.1, 0.15) is 18.9 Å². The number of imidazole rings is 1. The van der Waals surface area contributed by atoms with Crippen LogP contribution in [0.3, 0.4) is 0 Å². The molecular formula is C15H15N3OS. The smallest absolute Gasteiger partial charge is 0.160 e. The van der Waals surface area contributed by atoms with Crippen LogP contribution >= 0.6 is 11.3 Å². The standard InChI is InChI=1S/C15H15N3OS/c1-3-12-14(16-7-1)18(11-5-8-19-9-6-11)15(17-12)13-4-2-10-20-13/h1-4,7,10-11H,5-6,8-9H2. The molecule has 1 aliphatic heterocycles. The van der Waals surface area contributed by atoms with Crippen molar-refractivity contribution in [3.8, 4) is 10.7 Å². The van der Waals surface area contributed by atoms with Crippen LogP contribution in [0, 0.1) is 0 Å². The Balaban J connectivity index is 1.93. The van der Waals surface area contributed by atoms with Crippen molar-refractivity contribution in [1.29, 1.82) is 0 Å². The molecule has 0 radical (unpaired) electrons. The van der Waals surface area contributed by atoms with E-state index in [1.165, 1.54) is 4.88 Å². The number of ether oxygens (including phenoxy) is 1. The third-order valence-corrected chi connectivity index (χ3v) is 4.61. The Morgan fingerprint density at radius 1 is 1.20 bits per heavy atom. The zero-order valence-corrected chi connectivity index (χ0v) is 11.8. The van der Waals surface area contributed by atoms with Gasteiger partial charge in [-0.1, -0.05) is 6.07 Å². The lowest BCUT2D eigenvalue weighted by molar-refractivity contribution is 0.0709. The number of hydrogen-bond donors (Lipinski definition) is 0. The first-order valence-electron chi connectivity index (χ1n) is 6.88. The first kappa shape index (κ1) is 12.1. The van der Waals surface area contributed by atoms with Crippen LogP contribution in [0.5, 0.6) is 0 Å². The van der Waals surface area contributed by atoms with Gasteiger partial charge in [-0.3, -0.25) is 0 Å². The van der Waals surface area contributed by atoms with E-state index in [0.717, 1.165) is 43.0 Å². The van der Waals surface area contributed by atoms with Crippen molar-refractivity contribution >= 4 is 22.5 Å². The third kappa shape index (κ3) is 1.94. The molecule has 3 aromatic rings. The number of nitrogens with zero attached hydrogens (tertiary/aromatic N) is 3. The molecule has 20 heavy (non-hydrogen) atoms. The maximum atomic E-state index is 5.49. The molecule has 0 aromatic carbocycles. The molecule has 0 aliphatic carbocycles. The summed E-state index contributed by atoms with van der Waals surface area (Å²) in [6.07, 6.45) is 3.90. The zero-order valence-electron chi connectivity index (χ0n) is 11.0. The Labute approximate surface area is 121 Å². The molecule has 1 saturated heterocycles. The number of aromatic nitrogens is 3. The van der Waals surface area contributed by atoms with Gasteiger partial charge in [0.1, 0.15) is 5.52 Å². The highest BCUT2D eigenvalue weighted by atomic mass is 32.1. The molecule has 5 heteroatoms. The molecule has 3 aromatic heterocycles. The second-order valence-electron chi connectivity index (χ2n) is 4.97. The van der Waals surface area contributed by atoms with Crippen LogP contribution in [0.4, 0.5) is 0 Å². The van der Waals surface area contributed by atoms with Gasteiger partial charge in [-0.15, -0.1) is 11.3 Å². The topological polar surface area (TPSA) is 39.9 Å². The molecule has 0 N–H and O–H groups in total. The molecule has 0 atom stereocenters. The summed E-state index contributed by atoms with van der Waals surface area (Å²) in [5.41, 5.74) is 1.96. The molecular weight excluding hydrogens is 270 g/mol. The number of fused-ring (bicyclic) bond motifs is 1. The van der Waals surface area contributed by atoms with E-state index in [1.807, 2.05) is 18.3 Å². The summed E-state index contributed by atoms with van der Waals surface area (Å²) in [6.45, 7) is 1.64. The normalized spacial score (nSPS) is 16.8. The summed E-state index contributed by atoms with van der Waals surface area (Å²) >= 11 is 1.73. The molecule has 4 heterocycles. The van der Waals surface area contributed by atoms with Crippen LogP contribution in [-0.2, 0) is 4.74 Å². The average molecular weight is 285 g/mol. The van der Waals surface area contributed by atoms with Gasteiger partial charge >= 0.3 is 0 Å². The van der Waals surface area contributed by atoms with Gasteiger partial charge < -0.3 is 9.30 Å². The minimum absolute atomic E-state index is 0.431. The molecule has 0 bridgehead atoms. The van der Waals surface area contributed by atoms with Crippen LogP contribution in [0.2, 0.25) is 0 Å². The lowest BCUT2D eigenvalue weighted by Crippen LogP contribution is -2.20. The Kier molecular flexibility index (Phi) is 3.01. The van der Waals surface area contributed by atoms with Crippen LogP contribution in [0.25, 0.3) is 21.9 Å². The van der Waals surface area contributed by atoms with Gasteiger partial charge in [-0.2, -0.15) is 0 Å². The van der Waals surface area contributed by atoms with E-state index < -0.39 is 0 Å². The molecule has 1 aliphatic rings. The van der Waals surface area contributed by atoms with E-state index >= 15 is 0 Å². The fourth-order valence-electron chi connectivity index (χ4n) is 2.80. The number of pyridine rings is 1. The summed E-state index contributed by atoms with van der Waals surface area (Å²) in [5, 5.41) is 2.09. The monoisotopic (exact) mass is 285 g/mol. The fourth-order valence-corrected chi connectivity index (χ4v) is 3.51. The Morgan fingerprint density at radius 2 is 2.10 bits per heavy atom. The molecule has 4 rings (SSSR count). The summed E-state index contributed by atoms with van der Waals surface area (Å²) in [6, 6.07) is 8.61. The van der Waals surface area contributed by atoms with Gasteiger partial charge in [-0.25, -0.2) is 9.97 Å².